The summed E-state index contributed by atoms with van der Waals surface area (Å²) in [5.74, 6) is -2.20. The lowest BCUT2D eigenvalue weighted by atomic mass is 10.3. The first-order valence-corrected chi connectivity index (χ1v) is 5.25. The van der Waals surface area contributed by atoms with Crippen LogP contribution in [0, 0.1) is 3.57 Å². The molecule has 0 bridgehead atoms. The summed E-state index contributed by atoms with van der Waals surface area (Å²) in [5.41, 5.74) is 0. The molecule has 76 valence electrons. The molecule has 2 rings (SSSR count). The number of halogens is 3. The van der Waals surface area contributed by atoms with Crippen LogP contribution in [0.5, 0.6) is 0 Å². The average molecular weight is 311 g/mol. The van der Waals surface area contributed by atoms with Gasteiger partial charge in [-0.15, -0.1) is 0 Å². The molecule has 1 aliphatic heterocycles. The molecular formula is C8H8F2IN3. The van der Waals surface area contributed by atoms with E-state index in [-0.39, 0.29) is 13.0 Å². The van der Waals surface area contributed by atoms with Crippen LogP contribution in [0.15, 0.2) is 12.4 Å². The predicted octanol–water partition coefficient (Wildman–Crippen LogP) is 1.93. The fourth-order valence-electron chi connectivity index (χ4n) is 1.38. The van der Waals surface area contributed by atoms with E-state index in [1.807, 2.05) is 0 Å². The topological polar surface area (TPSA) is 29.0 Å². The summed E-state index contributed by atoms with van der Waals surface area (Å²) in [6, 6.07) is 0. The van der Waals surface area contributed by atoms with Crippen LogP contribution in [0.2, 0.25) is 0 Å². The molecule has 1 fully saturated rings. The minimum atomic E-state index is -2.59. The SMILES string of the molecule is FC1(F)CCN(c2ncc(I)cn2)C1. The molecule has 3 nitrogen and oxygen atoms in total. The Labute approximate surface area is 93.7 Å². The minimum absolute atomic E-state index is 0.109. The van der Waals surface area contributed by atoms with E-state index < -0.39 is 5.92 Å². The molecule has 1 aliphatic rings. The summed E-state index contributed by atoms with van der Waals surface area (Å²) in [6.45, 7) is 0.0567. The van der Waals surface area contributed by atoms with Crippen molar-refractivity contribution in [1.29, 1.82) is 0 Å². The normalized spacial score (nSPS) is 20.1. The van der Waals surface area contributed by atoms with Gasteiger partial charge in [0.05, 0.1) is 6.54 Å². The van der Waals surface area contributed by atoms with Gasteiger partial charge in [-0.3, -0.25) is 0 Å². The van der Waals surface area contributed by atoms with Gasteiger partial charge in [0, 0.05) is 28.9 Å². The van der Waals surface area contributed by atoms with Gasteiger partial charge in [0.2, 0.25) is 5.95 Å². The van der Waals surface area contributed by atoms with Gasteiger partial charge in [-0.05, 0) is 22.6 Å². The lowest BCUT2D eigenvalue weighted by Gasteiger charge is -2.14. The molecule has 1 aromatic heterocycles. The Bertz CT molecular complexity index is 328. The quantitative estimate of drug-likeness (QED) is 0.742. The maximum Gasteiger partial charge on any atom is 0.267 e. The number of alkyl halides is 2. The highest BCUT2D eigenvalue weighted by molar-refractivity contribution is 14.1. The molecule has 0 spiro atoms. The van der Waals surface area contributed by atoms with Crippen LogP contribution in [0.25, 0.3) is 0 Å². The molecule has 0 unspecified atom stereocenters. The zero-order chi connectivity index (χ0) is 10.2. The number of rotatable bonds is 1. The first-order valence-electron chi connectivity index (χ1n) is 4.17. The van der Waals surface area contributed by atoms with Gasteiger partial charge >= 0.3 is 0 Å². The Morgan fingerprint density at radius 2 is 2.00 bits per heavy atom. The highest BCUT2D eigenvalue weighted by Crippen LogP contribution is 2.28. The zero-order valence-corrected chi connectivity index (χ0v) is 9.41. The second-order valence-corrected chi connectivity index (χ2v) is 4.47. The van der Waals surface area contributed by atoms with Crippen LogP contribution >= 0.6 is 22.6 Å². The number of anilines is 1. The van der Waals surface area contributed by atoms with E-state index >= 15 is 0 Å². The molecule has 6 heteroatoms. The second-order valence-electron chi connectivity index (χ2n) is 3.23. The van der Waals surface area contributed by atoms with E-state index in [1.165, 1.54) is 4.90 Å². The van der Waals surface area contributed by atoms with Crippen molar-refractivity contribution in [1.82, 2.24) is 9.97 Å². The number of aromatic nitrogens is 2. The third kappa shape index (κ3) is 2.10. The van der Waals surface area contributed by atoms with Crippen molar-refractivity contribution < 1.29 is 8.78 Å². The number of nitrogens with zero attached hydrogens (tertiary/aromatic N) is 3. The molecule has 14 heavy (non-hydrogen) atoms. The first-order chi connectivity index (χ1) is 6.57. The molecule has 0 N–H and O–H groups in total. The Kier molecular flexibility index (Phi) is 2.54. The molecule has 0 aromatic carbocycles. The van der Waals surface area contributed by atoms with E-state index in [4.69, 9.17) is 0 Å². The van der Waals surface area contributed by atoms with Crippen molar-refractivity contribution >= 4 is 28.5 Å². The second kappa shape index (κ2) is 3.56. The Morgan fingerprint density at radius 3 is 2.50 bits per heavy atom. The van der Waals surface area contributed by atoms with Gasteiger partial charge in [-0.25, -0.2) is 18.7 Å². The molecule has 0 aliphatic carbocycles. The maximum atomic E-state index is 12.9. The Morgan fingerprint density at radius 1 is 1.36 bits per heavy atom. The molecule has 0 saturated carbocycles. The molecule has 1 aromatic rings. The summed E-state index contributed by atoms with van der Waals surface area (Å²) in [5, 5.41) is 0. The van der Waals surface area contributed by atoms with Crippen LogP contribution in [-0.2, 0) is 0 Å². The lowest BCUT2D eigenvalue weighted by Crippen LogP contribution is -2.26. The minimum Gasteiger partial charge on any atom is -0.335 e. The fraction of sp³-hybridized carbons (Fsp3) is 0.500. The van der Waals surface area contributed by atoms with Crippen molar-refractivity contribution in [2.75, 3.05) is 18.0 Å². The molecule has 0 radical (unpaired) electrons. The van der Waals surface area contributed by atoms with Crippen molar-refractivity contribution in [3.63, 3.8) is 0 Å². The van der Waals surface area contributed by atoms with Gasteiger partial charge in [0.15, 0.2) is 0 Å². The van der Waals surface area contributed by atoms with Crippen LogP contribution in [0.3, 0.4) is 0 Å². The Balaban J connectivity index is 2.14. The third-order valence-electron chi connectivity index (χ3n) is 2.06. The lowest BCUT2D eigenvalue weighted by molar-refractivity contribution is 0.0256. The third-order valence-corrected chi connectivity index (χ3v) is 2.62. The van der Waals surface area contributed by atoms with E-state index in [0.717, 1.165) is 3.57 Å². The number of hydrogen-bond donors (Lipinski definition) is 0. The summed E-state index contributed by atoms with van der Waals surface area (Å²) in [7, 11) is 0. The van der Waals surface area contributed by atoms with E-state index in [0.29, 0.717) is 12.5 Å². The number of hydrogen-bond acceptors (Lipinski definition) is 3. The van der Waals surface area contributed by atoms with Crippen LogP contribution in [0.1, 0.15) is 6.42 Å². The van der Waals surface area contributed by atoms with Crippen molar-refractivity contribution in [2.24, 2.45) is 0 Å². The maximum absolute atomic E-state index is 12.9. The zero-order valence-electron chi connectivity index (χ0n) is 7.25. The fourth-order valence-corrected chi connectivity index (χ4v) is 1.65. The predicted molar refractivity (Wildman–Crippen MR) is 56.5 cm³/mol. The molecule has 2 heterocycles. The summed E-state index contributed by atoms with van der Waals surface area (Å²) < 4.78 is 26.6. The van der Waals surface area contributed by atoms with Gasteiger partial charge in [0.1, 0.15) is 0 Å². The monoisotopic (exact) mass is 311 g/mol. The van der Waals surface area contributed by atoms with E-state index in [9.17, 15) is 8.78 Å². The van der Waals surface area contributed by atoms with Gasteiger partial charge in [0.25, 0.3) is 5.92 Å². The first kappa shape index (κ1) is 10.0. The molecular weight excluding hydrogens is 303 g/mol. The highest BCUT2D eigenvalue weighted by atomic mass is 127. The average Bonchev–Trinajstić information content (AvgIpc) is 2.47. The van der Waals surface area contributed by atoms with Gasteiger partial charge in [-0.2, -0.15) is 0 Å². The molecule has 0 atom stereocenters. The van der Waals surface area contributed by atoms with Gasteiger partial charge in [-0.1, -0.05) is 0 Å². The van der Waals surface area contributed by atoms with Gasteiger partial charge < -0.3 is 4.90 Å². The highest BCUT2D eigenvalue weighted by Gasteiger charge is 2.39. The van der Waals surface area contributed by atoms with Crippen molar-refractivity contribution in [2.45, 2.75) is 12.3 Å². The largest absolute Gasteiger partial charge is 0.335 e. The summed E-state index contributed by atoms with van der Waals surface area (Å²) in [4.78, 5) is 9.51. The summed E-state index contributed by atoms with van der Waals surface area (Å²) >= 11 is 2.07. The van der Waals surface area contributed by atoms with Crippen molar-refractivity contribution in [3.05, 3.63) is 16.0 Å². The van der Waals surface area contributed by atoms with Crippen LogP contribution < -0.4 is 4.90 Å². The molecule has 1 saturated heterocycles. The van der Waals surface area contributed by atoms with Crippen molar-refractivity contribution in [3.8, 4) is 0 Å². The standard InChI is InChI=1S/C8H8F2IN3/c9-8(10)1-2-14(5-8)7-12-3-6(11)4-13-7/h3-4H,1-2,5H2. The smallest absolute Gasteiger partial charge is 0.267 e. The molecule has 0 amide bonds. The van der Waals surface area contributed by atoms with Crippen LogP contribution in [-0.4, -0.2) is 29.0 Å². The van der Waals surface area contributed by atoms with Crippen LogP contribution in [0.4, 0.5) is 14.7 Å². The van der Waals surface area contributed by atoms with E-state index in [1.54, 1.807) is 12.4 Å². The summed E-state index contributed by atoms with van der Waals surface area (Å²) in [6.07, 6.45) is 3.14. The Hall–Kier alpha value is -0.530. The van der Waals surface area contributed by atoms with E-state index in [2.05, 4.69) is 32.6 Å².